The first-order valence-electron chi connectivity index (χ1n) is 4.47. The smallest absolute Gasteiger partial charge is 0.121 e. The number of aliphatic hydroxyl groups excluding tert-OH is 1. The van der Waals surface area contributed by atoms with Crippen molar-refractivity contribution in [1.82, 2.24) is 0 Å². The van der Waals surface area contributed by atoms with Crippen molar-refractivity contribution in [1.29, 1.82) is 0 Å². The van der Waals surface area contributed by atoms with Crippen LogP contribution < -0.4 is 5.73 Å². The molecule has 0 heterocycles. The molecule has 4 heteroatoms. The van der Waals surface area contributed by atoms with Crippen LogP contribution >= 0.6 is 0 Å². The summed E-state index contributed by atoms with van der Waals surface area (Å²) in [6, 6.07) is 0. The number of hydrogen-bond donors (Lipinski definition) is 3. The number of allylic oxidation sites excluding steroid dienone is 1. The molecule has 1 unspecified atom stereocenters. The minimum absolute atomic E-state index is 0.402. The Morgan fingerprint density at radius 1 is 1.57 bits per heavy atom. The van der Waals surface area contributed by atoms with Crippen LogP contribution in [0.5, 0.6) is 0 Å². The molecule has 0 amide bonds. The van der Waals surface area contributed by atoms with Gasteiger partial charge in [0.2, 0.25) is 0 Å². The number of hydrogen-bond acceptors (Lipinski definition) is 4. The van der Waals surface area contributed by atoms with Crippen molar-refractivity contribution in [2.24, 2.45) is 10.7 Å². The zero-order chi connectivity index (χ0) is 11.2. The Balaban J connectivity index is 4.60. The van der Waals surface area contributed by atoms with E-state index in [2.05, 4.69) is 4.99 Å². The summed E-state index contributed by atoms with van der Waals surface area (Å²) in [4.78, 5) is 3.91. The van der Waals surface area contributed by atoms with E-state index in [0.29, 0.717) is 5.82 Å². The van der Waals surface area contributed by atoms with Gasteiger partial charge in [-0.2, -0.15) is 0 Å². The van der Waals surface area contributed by atoms with E-state index in [-0.39, 0.29) is 0 Å². The van der Waals surface area contributed by atoms with Gasteiger partial charge in [0.05, 0.1) is 6.26 Å². The summed E-state index contributed by atoms with van der Waals surface area (Å²) in [6.07, 6.45) is 4.10. The number of rotatable bonds is 4. The SMILES string of the molecule is CC/C(C)=C(N)\N=C/C(C)(O)/C=C/O. The van der Waals surface area contributed by atoms with Gasteiger partial charge in [0.25, 0.3) is 0 Å². The first-order valence-corrected chi connectivity index (χ1v) is 4.47. The molecule has 0 aliphatic carbocycles. The van der Waals surface area contributed by atoms with E-state index < -0.39 is 5.60 Å². The zero-order valence-corrected chi connectivity index (χ0v) is 8.86. The second-order valence-corrected chi connectivity index (χ2v) is 3.32. The van der Waals surface area contributed by atoms with Gasteiger partial charge in [0.1, 0.15) is 11.4 Å². The molecule has 0 aromatic carbocycles. The summed E-state index contributed by atoms with van der Waals surface area (Å²) >= 11 is 0. The van der Waals surface area contributed by atoms with Gasteiger partial charge in [0.15, 0.2) is 0 Å². The lowest BCUT2D eigenvalue weighted by molar-refractivity contribution is 0.186. The Morgan fingerprint density at radius 3 is 2.57 bits per heavy atom. The van der Waals surface area contributed by atoms with Crippen molar-refractivity contribution < 1.29 is 10.2 Å². The summed E-state index contributed by atoms with van der Waals surface area (Å²) < 4.78 is 0. The van der Waals surface area contributed by atoms with Crippen LogP contribution in [0, 0.1) is 0 Å². The fraction of sp³-hybridized carbons (Fsp3) is 0.500. The molecule has 80 valence electrons. The number of nitrogens with zero attached hydrogens (tertiary/aromatic N) is 1. The summed E-state index contributed by atoms with van der Waals surface area (Å²) in [7, 11) is 0. The lowest BCUT2D eigenvalue weighted by Gasteiger charge is -2.11. The largest absolute Gasteiger partial charge is 0.516 e. The van der Waals surface area contributed by atoms with Crippen molar-refractivity contribution in [3.8, 4) is 0 Å². The van der Waals surface area contributed by atoms with Gasteiger partial charge in [-0.05, 0) is 31.9 Å². The van der Waals surface area contributed by atoms with Crippen molar-refractivity contribution >= 4 is 6.21 Å². The van der Waals surface area contributed by atoms with Crippen LogP contribution in [0.25, 0.3) is 0 Å². The van der Waals surface area contributed by atoms with E-state index in [1.807, 2.05) is 13.8 Å². The highest BCUT2D eigenvalue weighted by Crippen LogP contribution is 2.06. The van der Waals surface area contributed by atoms with E-state index in [1.54, 1.807) is 0 Å². The summed E-state index contributed by atoms with van der Waals surface area (Å²) in [5, 5.41) is 18.0. The second kappa shape index (κ2) is 5.44. The maximum Gasteiger partial charge on any atom is 0.121 e. The van der Waals surface area contributed by atoms with Crippen molar-refractivity contribution in [2.75, 3.05) is 0 Å². The molecule has 0 saturated carbocycles. The van der Waals surface area contributed by atoms with Crippen LogP contribution in [0.4, 0.5) is 0 Å². The van der Waals surface area contributed by atoms with Gasteiger partial charge in [-0.3, -0.25) is 0 Å². The maximum atomic E-state index is 9.54. The van der Waals surface area contributed by atoms with Gasteiger partial charge in [-0.1, -0.05) is 6.92 Å². The minimum Gasteiger partial charge on any atom is -0.516 e. The minimum atomic E-state index is -1.27. The molecule has 4 nitrogen and oxygen atoms in total. The molecular weight excluding hydrogens is 180 g/mol. The van der Waals surface area contributed by atoms with E-state index in [0.717, 1.165) is 18.3 Å². The van der Waals surface area contributed by atoms with Crippen LogP contribution in [0.1, 0.15) is 27.2 Å². The molecule has 4 N–H and O–H groups in total. The summed E-state index contributed by atoms with van der Waals surface area (Å²) in [5.41, 5.74) is 5.31. The number of aliphatic hydroxyl groups is 2. The third-order valence-corrected chi connectivity index (χ3v) is 1.84. The lowest BCUT2D eigenvalue weighted by Crippen LogP contribution is -2.23. The quantitative estimate of drug-likeness (QED) is 0.473. The van der Waals surface area contributed by atoms with Crippen LogP contribution in [-0.4, -0.2) is 22.0 Å². The molecule has 1 atom stereocenters. The second-order valence-electron chi connectivity index (χ2n) is 3.32. The Hall–Kier alpha value is -1.29. The molecule has 0 aliphatic heterocycles. The molecule has 0 saturated heterocycles. The third kappa shape index (κ3) is 4.67. The van der Waals surface area contributed by atoms with Gasteiger partial charge in [0, 0.05) is 6.21 Å². The number of nitrogens with two attached hydrogens (primary N) is 1. The first-order chi connectivity index (χ1) is 6.43. The maximum absolute atomic E-state index is 9.54. The van der Waals surface area contributed by atoms with Crippen LogP contribution in [-0.2, 0) is 0 Å². The summed E-state index contributed by atoms with van der Waals surface area (Å²) in [5.74, 6) is 0.402. The highest BCUT2D eigenvalue weighted by atomic mass is 16.3. The molecule has 0 aromatic rings. The Kier molecular flexibility index (Phi) is 4.94. The van der Waals surface area contributed by atoms with Crippen molar-refractivity contribution in [3.05, 3.63) is 23.7 Å². The Morgan fingerprint density at radius 2 is 2.14 bits per heavy atom. The molecule has 0 rings (SSSR count). The van der Waals surface area contributed by atoms with Crippen LogP contribution in [0.15, 0.2) is 28.7 Å². The standard InChI is InChI=1S/C10H18N2O2/c1-4-8(2)9(11)12-7-10(3,14)5-6-13/h5-7,13-14H,4,11H2,1-3H3/b6-5+,9-8-,12-7-. The Labute approximate surface area is 84.5 Å². The van der Waals surface area contributed by atoms with Gasteiger partial charge >= 0.3 is 0 Å². The summed E-state index contributed by atoms with van der Waals surface area (Å²) in [6.45, 7) is 5.35. The van der Waals surface area contributed by atoms with E-state index in [1.165, 1.54) is 19.2 Å². The van der Waals surface area contributed by atoms with E-state index >= 15 is 0 Å². The molecule has 0 fully saturated rings. The highest BCUT2D eigenvalue weighted by Gasteiger charge is 2.12. The monoisotopic (exact) mass is 198 g/mol. The molecule has 0 radical (unpaired) electrons. The fourth-order valence-electron chi connectivity index (χ4n) is 0.685. The normalized spacial score (nSPS) is 18.6. The molecule has 14 heavy (non-hydrogen) atoms. The first kappa shape index (κ1) is 12.7. The van der Waals surface area contributed by atoms with E-state index in [9.17, 15) is 5.11 Å². The zero-order valence-electron chi connectivity index (χ0n) is 8.86. The van der Waals surface area contributed by atoms with Crippen LogP contribution in [0.3, 0.4) is 0 Å². The van der Waals surface area contributed by atoms with Gasteiger partial charge < -0.3 is 15.9 Å². The fourth-order valence-corrected chi connectivity index (χ4v) is 0.685. The van der Waals surface area contributed by atoms with Gasteiger partial charge in [-0.25, -0.2) is 4.99 Å². The molecular formula is C10H18N2O2. The topological polar surface area (TPSA) is 78.8 Å². The molecule has 0 aliphatic rings. The van der Waals surface area contributed by atoms with E-state index in [4.69, 9.17) is 10.8 Å². The van der Waals surface area contributed by atoms with Crippen molar-refractivity contribution in [3.63, 3.8) is 0 Å². The predicted octanol–water partition coefficient (Wildman–Crippen LogP) is 1.48. The van der Waals surface area contributed by atoms with Crippen molar-refractivity contribution in [2.45, 2.75) is 32.8 Å². The van der Waals surface area contributed by atoms with Crippen LogP contribution in [0.2, 0.25) is 0 Å². The molecule has 0 spiro atoms. The highest BCUT2D eigenvalue weighted by molar-refractivity contribution is 5.71. The van der Waals surface area contributed by atoms with Gasteiger partial charge in [-0.15, -0.1) is 0 Å². The molecule has 0 bridgehead atoms. The average molecular weight is 198 g/mol. The lowest BCUT2D eigenvalue weighted by atomic mass is 10.1. The number of aliphatic imine (C=N–C) groups is 1. The molecule has 0 aromatic heterocycles. The average Bonchev–Trinajstić information content (AvgIpc) is 2.13. The third-order valence-electron chi connectivity index (χ3n) is 1.84. The Bertz CT molecular complexity index is 265. The predicted molar refractivity (Wildman–Crippen MR) is 58.1 cm³/mol.